The van der Waals surface area contributed by atoms with Crippen LogP contribution in [0.4, 0.5) is 5.69 Å². The van der Waals surface area contributed by atoms with Crippen molar-refractivity contribution in [3.8, 4) is 11.3 Å². The summed E-state index contributed by atoms with van der Waals surface area (Å²) in [6.07, 6.45) is 3.43. The fraction of sp³-hybridized carbons (Fsp3) is 0.258. The highest BCUT2D eigenvalue weighted by molar-refractivity contribution is 9.10. The number of ketones is 1. The van der Waals surface area contributed by atoms with Crippen molar-refractivity contribution in [2.24, 2.45) is 11.8 Å². The molecule has 2 unspecified atom stereocenters. The molecule has 2 amide bonds. The molecule has 208 valence electrons. The van der Waals surface area contributed by atoms with Crippen LogP contribution >= 0.6 is 38.9 Å². The van der Waals surface area contributed by atoms with E-state index in [1.807, 2.05) is 6.92 Å². The molecule has 1 aliphatic heterocycles. The summed E-state index contributed by atoms with van der Waals surface area (Å²) in [5.41, 5.74) is 3.11. The zero-order valence-electron chi connectivity index (χ0n) is 22.0. The molecule has 2 aliphatic rings. The quantitative estimate of drug-likeness (QED) is 0.123. The Morgan fingerprint density at radius 2 is 1.76 bits per heavy atom. The maximum atomic E-state index is 13.3. The molecule has 41 heavy (non-hydrogen) atoms. The topological polar surface area (TPSA) is 93.6 Å². The van der Waals surface area contributed by atoms with Crippen LogP contribution in [-0.2, 0) is 14.3 Å². The number of imide groups is 1. The van der Waals surface area contributed by atoms with Crippen molar-refractivity contribution < 1.29 is 23.9 Å². The lowest BCUT2D eigenvalue weighted by molar-refractivity contribution is -0.122. The second kappa shape index (κ2) is 11.1. The molecule has 4 aromatic rings. The highest BCUT2D eigenvalue weighted by Crippen LogP contribution is 2.41. The zero-order chi connectivity index (χ0) is 28.8. The molecule has 1 saturated carbocycles. The fourth-order valence-electron chi connectivity index (χ4n) is 5.69. The predicted molar refractivity (Wildman–Crippen MR) is 161 cm³/mol. The van der Waals surface area contributed by atoms with E-state index in [-0.39, 0.29) is 41.6 Å². The summed E-state index contributed by atoms with van der Waals surface area (Å²) in [5.74, 6) is -1.67. The van der Waals surface area contributed by atoms with E-state index in [1.165, 1.54) is 16.2 Å². The van der Waals surface area contributed by atoms with Crippen molar-refractivity contribution in [3.63, 3.8) is 0 Å². The summed E-state index contributed by atoms with van der Waals surface area (Å²) in [4.78, 5) is 58.5. The molecule has 10 heteroatoms. The van der Waals surface area contributed by atoms with E-state index in [9.17, 15) is 19.2 Å². The van der Waals surface area contributed by atoms with Gasteiger partial charge in [0.25, 0.3) is 0 Å². The van der Waals surface area contributed by atoms with Gasteiger partial charge in [-0.3, -0.25) is 19.3 Å². The Hall–Kier alpha value is -3.40. The Kier molecular flexibility index (Phi) is 7.52. The number of hydrogen-bond acceptors (Lipinski definition) is 7. The first-order valence-corrected chi connectivity index (χ1v) is 15.3. The van der Waals surface area contributed by atoms with Crippen LogP contribution < -0.4 is 4.90 Å². The Bertz CT molecular complexity index is 1700. The number of nitrogens with zero attached hydrogens (tertiary/aromatic N) is 2. The molecule has 1 saturated heterocycles. The molecule has 1 aliphatic carbocycles. The van der Waals surface area contributed by atoms with Gasteiger partial charge in [-0.05, 0) is 77.0 Å². The number of fused-ring (bicyclic) bond motifs is 2. The Labute approximate surface area is 253 Å². The first-order chi connectivity index (χ1) is 19.7. The number of anilines is 1. The molecule has 2 aromatic heterocycles. The molecule has 2 aromatic carbocycles. The number of hydrogen-bond donors (Lipinski definition) is 0. The normalized spacial score (nSPS) is 18.6. The highest BCUT2D eigenvalue weighted by Gasteiger charge is 2.48. The maximum absolute atomic E-state index is 13.3. The van der Waals surface area contributed by atoms with Crippen LogP contribution in [0.5, 0.6) is 0 Å². The molecular weight excluding hydrogens is 628 g/mol. The van der Waals surface area contributed by atoms with Crippen LogP contribution in [-0.4, -0.2) is 35.2 Å². The van der Waals surface area contributed by atoms with E-state index in [2.05, 4.69) is 15.9 Å². The molecule has 2 atom stereocenters. The van der Waals surface area contributed by atoms with Crippen LogP contribution in [0, 0.1) is 18.8 Å². The van der Waals surface area contributed by atoms with Gasteiger partial charge in [-0.25, -0.2) is 9.78 Å². The minimum absolute atomic E-state index is 0.130. The standard InChI is InChI=1S/C31H24BrClN2O5S/c1-16-27(33)23(32)13-21-22(31(39)40-15-25(36)26-7-4-12-41-26)14-24(34-28(16)21)17-8-10-18(11-9-17)35-29(37)19-5-2-3-6-20(19)30(35)38/h4,7-14,19-20H,2-3,5-6,15H2,1H3. The molecule has 2 fully saturated rings. The molecule has 0 bridgehead atoms. The van der Waals surface area contributed by atoms with Gasteiger partial charge >= 0.3 is 5.97 Å². The number of aryl methyl sites for hydroxylation is 1. The smallest absolute Gasteiger partial charge is 0.339 e. The van der Waals surface area contributed by atoms with Gasteiger partial charge < -0.3 is 4.74 Å². The minimum atomic E-state index is -0.662. The summed E-state index contributed by atoms with van der Waals surface area (Å²) < 4.78 is 6.04. The van der Waals surface area contributed by atoms with Crippen molar-refractivity contribution in [3.05, 3.63) is 79.4 Å². The Morgan fingerprint density at radius 1 is 1.07 bits per heavy atom. The van der Waals surface area contributed by atoms with Crippen LogP contribution in [0.1, 0.15) is 51.3 Å². The number of pyridine rings is 1. The second-order valence-corrected chi connectivity index (χ2v) is 12.5. The molecule has 0 spiro atoms. The Balaban J connectivity index is 1.35. The third-order valence-corrected chi connectivity index (χ3v) is 10.1. The van der Waals surface area contributed by atoms with Crippen molar-refractivity contribution >= 4 is 79.0 Å². The van der Waals surface area contributed by atoms with E-state index in [0.717, 1.165) is 25.7 Å². The van der Waals surface area contributed by atoms with Gasteiger partial charge in [0.2, 0.25) is 17.6 Å². The van der Waals surface area contributed by atoms with E-state index in [0.29, 0.717) is 47.8 Å². The van der Waals surface area contributed by atoms with Gasteiger partial charge in [0, 0.05) is 15.4 Å². The molecule has 0 radical (unpaired) electrons. The van der Waals surface area contributed by atoms with Gasteiger partial charge in [-0.2, -0.15) is 0 Å². The van der Waals surface area contributed by atoms with E-state index in [4.69, 9.17) is 21.3 Å². The number of benzene rings is 2. The third-order valence-electron chi connectivity index (χ3n) is 7.84. The predicted octanol–water partition coefficient (Wildman–Crippen LogP) is 7.41. The summed E-state index contributed by atoms with van der Waals surface area (Å²) in [6.45, 7) is 1.43. The maximum Gasteiger partial charge on any atom is 0.339 e. The number of aromatic nitrogens is 1. The van der Waals surface area contributed by atoms with Crippen molar-refractivity contribution in [2.75, 3.05) is 11.5 Å². The summed E-state index contributed by atoms with van der Waals surface area (Å²) in [7, 11) is 0. The van der Waals surface area contributed by atoms with Gasteiger partial charge in [-0.1, -0.05) is 42.6 Å². The van der Waals surface area contributed by atoms with Crippen molar-refractivity contribution in [1.29, 1.82) is 0 Å². The monoisotopic (exact) mass is 650 g/mol. The van der Waals surface area contributed by atoms with Crippen LogP contribution in [0.3, 0.4) is 0 Å². The van der Waals surface area contributed by atoms with E-state index in [1.54, 1.807) is 53.9 Å². The summed E-state index contributed by atoms with van der Waals surface area (Å²) in [6, 6.07) is 13.8. The number of Topliss-reactive ketones (excluding diaryl/α,β-unsaturated/α-hetero) is 1. The number of thiophene rings is 1. The molecule has 6 rings (SSSR count). The molecular formula is C31H24BrClN2O5S. The van der Waals surface area contributed by atoms with Gasteiger partial charge in [0.15, 0.2) is 6.61 Å². The lowest BCUT2D eigenvalue weighted by Crippen LogP contribution is -2.30. The average Bonchev–Trinajstić information content (AvgIpc) is 3.62. The zero-order valence-corrected chi connectivity index (χ0v) is 25.1. The molecule has 3 heterocycles. The number of amides is 2. The van der Waals surface area contributed by atoms with Crippen LogP contribution in [0.15, 0.2) is 58.4 Å². The van der Waals surface area contributed by atoms with E-state index >= 15 is 0 Å². The SMILES string of the molecule is Cc1c(Cl)c(Br)cc2c(C(=O)OCC(=O)c3cccs3)cc(-c3ccc(N4C(=O)C5CCCCC5C4=O)cc3)nc12. The largest absolute Gasteiger partial charge is 0.454 e. The number of ether oxygens (including phenoxy) is 1. The lowest BCUT2D eigenvalue weighted by Gasteiger charge is -2.19. The lowest BCUT2D eigenvalue weighted by atomic mass is 9.81. The van der Waals surface area contributed by atoms with Gasteiger partial charge in [0.1, 0.15) is 0 Å². The molecule has 7 nitrogen and oxygen atoms in total. The fourth-order valence-corrected chi connectivity index (χ4v) is 7.01. The number of carbonyl (C=O) groups is 4. The van der Waals surface area contributed by atoms with Gasteiger partial charge in [-0.15, -0.1) is 11.3 Å². The third kappa shape index (κ3) is 5.00. The number of carbonyl (C=O) groups excluding carboxylic acids is 4. The number of esters is 1. The number of rotatable bonds is 6. The first kappa shape index (κ1) is 27.8. The minimum Gasteiger partial charge on any atom is -0.454 e. The number of halogens is 2. The highest BCUT2D eigenvalue weighted by atomic mass is 79.9. The van der Waals surface area contributed by atoms with E-state index < -0.39 is 5.97 Å². The van der Waals surface area contributed by atoms with Gasteiger partial charge in [0.05, 0.1) is 44.2 Å². The second-order valence-electron chi connectivity index (χ2n) is 10.3. The summed E-state index contributed by atoms with van der Waals surface area (Å²) >= 11 is 11.2. The van der Waals surface area contributed by atoms with Crippen LogP contribution in [0.25, 0.3) is 22.2 Å². The average molecular weight is 652 g/mol. The van der Waals surface area contributed by atoms with Crippen LogP contribution in [0.2, 0.25) is 5.02 Å². The van der Waals surface area contributed by atoms with Crippen molar-refractivity contribution in [1.82, 2.24) is 4.98 Å². The van der Waals surface area contributed by atoms with Crippen molar-refractivity contribution in [2.45, 2.75) is 32.6 Å². The Morgan fingerprint density at radius 3 is 2.39 bits per heavy atom. The summed E-state index contributed by atoms with van der Waals surface area (Å²) in [5, 5.41) is 2.79. The first-order valence-electron chi connectivity index (χ1n) is 13.3. The molecule has 0 N–H and O–H groups in total.